The highest BCUT2D eigenvalue weighted by Gasteiger charge is 2.41. The van der Waals surface area contributed by atoms with Crippen LogP contribution in [0.25, 0.3) is 0 Å². The Kier molecular flexibility index (Phi) is 2.52. The minimum absolute atomic E-state index is 0.262. The third-order valence-electron chi connectivity index (χ3n) is 2.86. The van der Waals surface area contributed by atoms with Gasteiger partial charge in [0.25, 0.3) is 0 Å². The van der Waals surface area contributed by atoms with Gasteiger partial charge < -0.3 is 4.98 Å². The van der Waals surface area contributed by atoms with Crippen molar-refractivity contribution < 1.29 is 0 Å². The van der Waals surface area contributed by atoms with Gasteiger partial charge in [-0.25, -0.2) is 4.98 Å². The summed E-state index contributed by atoms with van der Waals surface area (Å²) >= 11 is 8.68. The molecule has 1 aromatic heterocycles. The van der Waals surface area contributed by atoms with E-state index in [0.29, 0.717) is 4.64 Å². The van der Waals surface area contributed by atoms with Crippen LogP contribution in [0.15, 0.2) is 4.47 Å². The van der Waals surface area contributed by atoms with E-state index < -0.39 is 0 Å². The van der Waals surface area contributed by atoms with Gasteiger partial charge in [0, 0.05) is 11.1 Å². The lowest BCUT2D eigenvalue weighted by Gasteiger charge is -2.11. The van der Waals surface area contributed by atoms with Gasteiger partial charge in [-0.1, -0.05) is 26.1 Å². The van der Waals surface area contributed by atoms with E-state index in [2.05, 4.69) is 39.7 Å². The molecule has 1 saturated carbocycles. The lowest BCUT2D eigenvalue weighted by Crippen LogP contribution is -2.09. The average molecular weight is 273 g/mol. The molecule has 1 N–H and O–H groups in total. The minimum atomic E-state index is 0.262. The van der Waals surface area contributed by atoms with Crippen LogP contribution in [0, 0.1) is 4.64 Å². The highest BCUT2D eigenvalue weighted by atomic mass is 79.9. The van der Waals surface area contributed by atoms with Gasteiger partial charge in [-0.3, -0.25) is 0 Å². The molecule has 0 amide bonds. The molecule has 4 heteroatoms. The van der Waals surface area contributed by atoms with Gasteiger partial charge in [-0.05, 0) is 35.2 Å². The summed E-state index contributed by atoms with van der Waals surface area (Å²) in [6.07, 6.45) is 3.39. The maximum atomic E-state index is 5.21. The first-order valence-corrected chi connectivity index (χ1v) is 6.06. The first kappa shape index (κ1) is 10.3. The van der Waals surface area contributed by atoms with E-state index in [4.69, 9.17) is 12.2 Å². The lowest BCUT2D eigenvalue weighted by atomic mass is 10.1. The number of H-pyrrole nitrogens is 1. The van der Waals surface area contributed by atoms with Crippen LogP contribution in [0.3, 0.4) is 0 Å². The van der Waals surface area contributed by atoms with Crippen LogP contribution in [0.5, 0.6) is 0 Å². The van der Waals surface area contributed by atoms with Crippen molar-refractivity contribution in [1.82, 2.24) is 9.97 Å². The summed E-state index contributed by atoms with van der Waals surface area (Å²) in [5.41, 5.74) is 1.42. The molecule has 1 fully saturated rings. The lowest BCUT2D eigenvalue weighted by molar-refractivity contribution is 0.693. The second kappa shape index (κ2) is 3.42. The molecule has 76 valence electrons. The number of aryl methyl sites for hydroxylation is 1. The van der Waals surface area contributed by atoms with Crippen molar-refractivity contribution in [3.63, 3.8) is 0 Å². The molecule has 0 aliphatic heterocycles. The topological polar surface area (TPSA) is 28.7 Å². The fourth-order valence-electron chi connectivity index (χ4n) is 1.46. The van der Waals surface area contributed by atoms with Gasteiger partial charge in [0.15, 0.2) is 0 Å². The molecule has 0 atom stereocenters. The number of aromatic amines is 1. The summed E-state index contributed by atoms with van der Waals surface area (Å²) in [7, 11) is 0. The molecule has 14 heavy (non-hydrogen) atoms. The molecule has 1 aliphatic carbocycles. The number of hydrogen-bond acceptors (Lipinski definition) is 2. The zero-order valence-electron chi connectivity index (χ0n) is 8.35. The number of hydrogen-bond donors (Lipinski definition) is 1. The molecule has 0 saturated heterocycles. The van der Waals surface area contributed by atoms with E-state index in [0.717, 1.165) is 22.4 Å². The summed E-state index contributed by atoms with van der Waals surface area (Å²) in [6, 6.07) is 0. The summed E-state index contributed by atoms with van der Waals surface area (Å²) < 4.78 is 1.63. The summed E-state index contributed by atoms with van der Waals surface area (Å²) in [5.74, 6) is 1.06. The Balaban J connectivity index is 2.54. The molecule has 0 aromatic carbocycles. The van der Waals surface area contributed by atoms with Crippen LogP contribution in [-0.4, -0.2) is 9.97 Å². The molecule has 0 spiro atoms. The maximum Gasteiger partial charge on any atom is 0.144 e. The average Bonchev–Trinajstić information content (AvgIpc) is 2.89. The quantitative estimate of drug-likeness (QED) is 0.835. The van der Waals surface area contributed by atoms with E-state index in [1.807, 2.05) is 0 Å². The van der Waals surface area contributed by atoms with Crippen LogP contribution >= 0.6 is 28.1 Å². The van der Waals surface area contributed by atoms with Crippen LogP contribution < -0.4 is 0 Å². The predicted molar refractivity (Wildman–Crippen MR) is 63.1 cm³/mol. The van der Waals surface area contributed by atoms with Crippen molar-refractivity contribution in [2.45, 2.75) is 38.5 Å². The first-order valence-electron chi connectivity index (χ1n) is 4.86. The minimum Gasteiger partial charge on any atom is -0.346 e. The van der Waals surface area contributed by atoms with E-state index in [9.17, 15) is 0 Å². The number of aromatic nitrogens is 2. The van der Waals surface area contributed by atoms with Crippen molar-refractivity contribution in [3.8, 4) is 0 Å². The van der Waals surface area contributed by atoms with E-state index in [1.165, 1.54) is 12.8 Å². The molecular formula is C10H13BrN2S. The SMILES string of the molecule is CCc1[nH]c(C2(C)CC2)nc(=S)c1Br. The second-order valence-corrected chi connectivity index (χ2v) is 5.28. The zero-order chi connectivity index (χ0) is 10.3. The van der Waals surface area contributed by atoms with E-state index in [-0.39, 0.29) is 5.41 Å². The highest BCUT2D eigenvalue weighted by molar-refractivity contribution is 9.10. The van der Waals surface area contributed by atoms with Crippen molar-refractivity contribution in [3.05, 3.63) is 20.6 Å². The Hall–Kier alpha value is -0.220. The van der Waals surface area contributed by atoms with E-state index >= 15 is 0 Å². The van der Waals surface area contributed by atoms with Gasteiger partial charge in [-0.15, -0.1) is 0 Å². The van der Waals surface area contributed by atoms with Crippen LogP contribution in [0.2, 0.25) is 0 Å². The first-order chi connectivity index (χ1) is 6.57. The molecule has 1 aliphatic rings. The van der Waals surface area contributed by atoms with Crippen LogP contribution in [0.1, 0.15) is 38.2 Å². The standard InChI is InChI=1S/C10H13BrN2S/c1-3-6-7(11)8(14)13-9(12-6)10(2)4-5-10/h3-5H2,1-2H3,(H,12,13,14). The molecule has 2 nitrogen and oxygen atoms in total. The zero-order valence-corrected chi connectivity index (χ0v) is 10.8. The van der Waals surface area contributed by atoms with Gasteiger partial charge in [0.1, 0.15) is 10.5 Å². The fraction of sp³-hybridized carbons (Fsp3) is 0.600. The monoisotopic (exact) mass is 272 g/mol. The predicted octanol–water partition coefficient (Wildman–Crippen LogP) is 3.52. The molecule has 1 aromatic rings. The largest absolute Gasteiger partial charge is 0.346 e. The third kappa shape index (κ3) is 1.65. The van der Waals surface area contributed by atoms with Gasteiger partial charge in [0.05, 0.1) is 4.47 Å². The van der Waals surface area contributed by atoms with Gasteiger partial charge >= 0.3 is 0 Å². The number of halogens is 1. The summed E-state index contributed by atoms with van der Waals surface area (Å²) in [5, 5.41) is 0. The molecule has 0 unspecified atom stereocenters. The molecule has 0 bridgehead atoms. The maximum absolute atomic E-state index is 5.21. The highest BCUT2D eigenvalue weighted by Crippen LogP contribution is 2.46. The van der Waals surface area contributed by atoms with Gasteiger partial charge in [-0.2, -0.15) is 0 Å². The number of nitrogens with zero attached hydrogens (tertiary/aromatic N) is 1. The Morgan fingerprint density at radius 3 is 2.71 bits per heavy atom. The molecular weight excluding hydrogens is 260 g/mol. The van der Waals surface area contributed by atoms with Crippen LogP contribution in [0.4, 0.5) is 0 Å². The molecule has 2 rings (SSSR count). The number of rotatable bonds is 2. The third-order valence-corrected chi connectivity index (χ3v) is 4.27. The van der Waals surface area contributed by atoms with Crippen molar-refractivity contribution in [2.75, 3.05) is 0 Å². The van der Waals surface area contributed by atoms with Crippen molar-refractivity contribution >= 4 is 28.1 Å². The van der Waals surface area contributed by atoms with E-state index in [1.54, 1.807) is 0 Å². The van der Waals surface area contributed by atoms with Crippen molar-refractivity contribution in [1.29, 1.82) is 0 Å². The Morgan fingerprint density at radius 2 is 2.21 bits per heavy atom. The molecule has 0 radical (unpaired) electrons. The normalized spacial score (nSPS) is 18.2. The smallest absolute Gasteiger partial charge is 0.144 e. The fourth-order valence-corrected chi connectivity index (χ4v) is 2.14. The Morgan fingerprint density at radius 1 is 1.57 bits per heavy atom. The Bertz CT molecular complexity index is 421. The summed E-state index contributed by atoms with van der Waals surface area (Å²) in [6.45, 7) is 4.35. The van der Waals surface area contributed by atoms with Crippen LogP contribution in [-0.2, 0) is 11.8 Å². The number of nitrogens with one attached hydrogen (secondary N) is 1. The molecule has 1 heterocycles. The van der Waals surface area contributed by atoms with Crippen molar-refractivity contribution in [2.24, 2.45) is 0 Å². The Labute approximate surface area is 97.3 Å². The van der Waals surface area contributed by atoms with Gasteiger partial charge in [0.2, 0.25) is 0 Å². The second-order valence-electron chi connectivity index (χ2n) is 4.10. The summed E-state index contributed by atoms with van der Waals surface area (Å²) in [4.78, 5) is 7.81.